The van der Waals surface area contributed by atoms with Crippen molar-refractivity contribution in [3.05, 3.63) is 29.8 Å². The quantitative estimate of drug-likeness (QED) is 0.803. The van der Waals surface area contributed by atoms with Gasteiger partial charge in [-0.25, -0.2) is 0 Å². The Hall–Kier alpha value is -1.57. The number of aliphatic hydroxyl groups excluding tert-OH is 1. The van der Waals surface area contributed by atoms with Gasteiger partial charge >= 0.3 is 0 Å². The number of anilines is 1. The normalized spacial score (nSPS) is 13.1. The van der Waals surface area contributed by atoms with Gasteiger partial charge < -0.3 is 15.2 Å². The van der Waals surface area contributed by atoms with Crippen LogP contribution in [-0.4, -0.2) is 30.5 Å². The van der Waals surface area contributed by atoms with E-state index in [-0.39, 0.29) is 6.10 Å². The van der Waals surface area contributed by atoms with Crippen LogP contribution in [0.15, 0.2) is 24.3 Å². The van der Waals surface area contributed by atoms with E-state index in [1.807, 2.05) is 52.0 Å². The van der Waals surface area contributed by atoms with Crippen molar-refractivity contribution in [2.45, 2.75) is 45.3 Å². The molecule has 0 aliphatic rings. The van der Waals surface area contributed by atoms with Gasteiger partial charge in [-0.2, -0.15) is 5.26 Å². The Morgan fingerprint density at radius 1 is 1.40 bits per heavy atom. The van der Waals surface area contributed by atoms with Crippen LogP contribution in [0.1, 0.15) is 33.3 Å². The molecule has 0 saturated carbocycles. The van der Waals surface area contributed by atoms with Crippen LogP contribution < -0.4 is 5.32 Å². The highest BCUT2D eigenvalue weighted by Crippen LogP contribution is 2.24. The largest absolute Gasteiger partial charge is 0.389 e. The third kappa shape index (κ3) is 5.20. The van der Waals surface area contributed by atoms with Gasteiger partial charge in [0.05, 0.1) is 30.3 Å². The molecule has 0 aliphatic heterocycles. The number of hydrogen-bond acceptors (Lipinski definition) is 4. The van der Waals surface area contributed by atoms with Crippen molar-refractivity contribution in [2.75, 3.05) is 18.5 Å². The molecule has 0 radical (unpaired) electrons. The minimum atomic E-state index is -0.551. The molecular weight excluding hydrogens is 252 g/mol. The summed E-state index contributed by atoms with van der Waals surface area (Å²) in [5, 5.41) is 22.1. The predicted molar refractivity (Wildman–Crippen MR) is 80.7 cm³/mol. The van der Waals surface area contributed by atoms with Gasteiger partial charge in [0.1, 0.15) is 0 Å². The van der Waals surface area contributed by atoms with Gasteiger partial charge in [-0.3, -0.25) is 0 Å². The lowest BCUT2D eigenvalue weighted by molar-refractivity contribution is 0.0112. The molecule has 0 saturated heterocycles. The highest BCUT2D eigenvalue weighted by molar-refractivity contribution is 5.48. The number of benzene rings is 1. The van der Waals surface area contributed by atoms with Gasteiger partial charge in [0.2, 0.25) is 0 Å². The van der Waals surface area contributed by atoms with Crippen molar-refractivity contribution in [1.82, 2.24) is 0 Å². The zero-order chi connectivity index (χ0) is 15.2. The van der Waals surface area contributed by atoms with Gasteiger partial charge in [-0.05, 0) is 45.4 Å². The highest BCUT2D eigenvalue weighted by atomic mass is 16.5. The van der Waals surface area contributed by atoms with Crippen molar-refractivity contribution in [2.24, 2.45) is 0 Å². The molecule has 0 amide bonds. The summed E-state index contributed by atoms with van der Waals surface area (Å²) < 4.78 is 5.35. The summed E-state index contributed by atoms with van der Waals surface area (Å²) in [7, 11) is 0. The summed E-state index contributed by atoms with van der Waals surface area (Å²) in [6, 6.07) is 10.0. The van der Waals surface area contributed by atoms with E-state index >= 15 is 0 Å². The number of rotatable bonds is 7. The van der Waals surface area contributed by atoms with E-state index in [2.05, 4.69) is 11.4 Å². The molecule has 2 N–H and O–H groups in total. The average Bonchev–Trinajstić information content (AvgIpc) is 2.43. The molecule has 20 heavy (non-hydrogen) atoms. The standard InChI is InChI=1S/C16H24N2O2/c1-12(2)20-10-15(19)9-18-14-7-5-6-13(8-14)16(3,4)11-17/h5-8,12,15,18-19H,9-10H2,1-4H3/t15-/m1/s1. The highest BCUT2D eigenvalue weighted by Gasteiger charge is 2.19. The van der Waals surface area contributed by atoms with Crippen molar-refractivity contribution >= 4 is 5.69 Å². The predicted octanol–water partition coefficient (Wildman–Crippen LogP) is 2.69. The first-order valence-electron chi connectivity index (χ1n) is 6.90. The smallest absolute Gasteiger partial charge is 0.0945 e. The topological polar surface area (TPSA) is 65.3 Å². The molecule has 0 aliphatic carbocycles. The molecule has 4 nitrogen and oxygen atoms in total. The molecule has 0 aromatic heterocycles. The van der Waals surface area contributed by atoms with Crippen molar-refractivity contribution in [3.8, 4) is 6.07 Å². The van der Waals surface area contributed by atoms with Gasteiger partial charge in [0.15, 0.2) is 0 Å². The lowest BCUT2D eigenvalue weighted by Crippen LogP contribution is -2.26. The Morgan fingerprint density at radius 2 is 2.10 bits per heavy atom. The number of aliphatic hydroxyl groups is 1. The fourth-order valence-electron chi connectivity index (χ4n) is 1.68. The fraction of sp³-hybridized carbons (Fsp3) is 0.562. The Morgan fingerprint density at radius 3 is 2.70 bits per heavy atom. The van der Waals surface area contributed by atoms with Crippen LogP contribution in [0, 0.1) is 11.3 Å². The summed E-state index contributed by atoms with van der Waals surface area (Å²) in [6.45, 7) is 8.38. The van der Waals surface area contributed by atoms with E-state index in [0.29, 0.717) is 13.2 Å². The Balaban J connectivity index is 2.57. The Bertz CT molecular complexity index is 464. The van der Waals surface area contributed by atoms with Crippen LogP contribution in [0.3, 0.4) is 0 Å². The van der Waals surface area contributed by atoms with E-state index in [1.165, 1.54) is 0 Å². The molecular formula is C16H24N2O2. The van der Waals surface area contributed by atoms with Crippen LogP contribution in [-0.2, 0) is 10.2 Å². The SMILES string of the molecule is CC(C)OC[C@H](O)CNc1cccc(C(C)(C)C#N)c1. The molecule has 0 fully saturated rings. The third-order valence-corrected chi connectivity index (χ3v) is 3.03. The van der Waals surface area contributed by atoms with E-state index in [0.717, 1.165) is 11.3 Å². The zero-order valence-electron chi connectivity index (χ0n) is 12.7. The monoisotopic (exact) mass is 276 g/mol. The zero-order valence-corrected chi connectivity index (χ0v) is 12.7. The molecule has 0 heterocycles. The van der Waals surface area contributed by atoms with Crippen LogP contribution >= 0.6 is 0 Å². The van der Waals surface area contributed by atoms with E-state index in [4.69, 9.17) is 10.00 Å². The average molecular weight is 276 g/mol. The van der Waals surface area contributed by atoms with Crippen LogP contribution in [0.2, 0.25) is 0 Å². The van der Waals surface area contributed by atoms with E-state index < -0.39 is 11.5 Å². The molecule has 1 rings (SSSR count). The molecule has 1 aromatic carbocycles. The van der Waals surface area contributed by atoms with Crippen molar-refractivity contribution in [3.63, 3.8) is 0 Å². The van der Waals surface area contributed by atoms with Gasteiger partial charge in [-0.1, -0.05) is 12.1 Å². The number of nitrogens with zero attached hydrogens (tertiary/aromatic N) is 1. The maximum atomic E-state index is 9.79. The Kier molecular flexibility index (Phi) is 6.00. The number of ether oxygens (including phenoxy) is 1. The molecule has 0 spiro atoms. The maximum Gasteiger partial charge on any atom is 0.0945 e. The summed E-state index contributed by atoms with van der Waals surface area (Å²) in [6.07, 6.45) is -0.436. The lowest BCUT2D eigenvalue weighted by atomic mass is 9.86. The molecule has 110 valence electrons. The summed E-state index contributed by atoms with van der Waals surface area (Å²) in [4.78, 5) is 0. The first kappa shape index (κ1) is 16.5. The first-order valence-corrected chi connectivity index (χ1v) is 6.90. The molecule has 0 bridgehead atoms. The van der Waals surface area contributed by atoms with Gasteiger partial charge in [-0.15, -0.1) is 0 Å². The second-order valence-electron chi connectivity index (χ2n) is 5.73. The summed E-state index contributed by atoms with van der Waals surface area (Å²) in [5.41, 5.74) is 1.34. The molecule has 0 unspecified atom stereocenters. The Labute approximate surface area is 121 Å². The van der Waals surface area contributed by atoms with Crippen LogP contribution in [0.25, 0.3) is 0 Å². The number of hydrogen-bond donors (Lipinski definition) is 2. The second kappa shape index (κ2) is 7.28. The lowest BCUT2D eigenvalue weighted by Gasteiger charge is -2.18. The maximum absolute atomic E-state index is 9.79. The molecule has 4 heteroatoms. The van der Waals surface area contributed by atoms with Gasteiger partial charge in [0, 0.05) is 12.2 Å². The summed E-state index contributed by atoms with van der Waals surface area (Å²) in [5.74, 6) is 0. The minimum absolute atomic E-state index is 0.115. The third-order valence-electron chi connectivity index (χ3n) is 3.03. The van der Waals surface area contributed by atoms with Crippen molar-refractivity contribution < 1.29 is 9.84 Å². The number of nitriles is 1. The van der Waals surface area contributed by atoms with Gasteiger partial charge in [0.25, 0.3) is 0 Å². The second-order valence-corrected chi connectivity index (χ2v) is 5.73. The first-order chi connectivity index (χ1) is 9.35. The summed E-state index contributed by atoms with van der Waals surface area (Å²) >= 11 is 0. The number of nitrogens with one attached hydrogen (secondary N) is 1. The minimum Gasteiger partial charge on any atom is -0.389 e. The molecule has 1 atom stereocenters. The molecule has 1 aromatic rings. The van der Waals surface area contributed by atoms with Crippen molar-refractivity contribution in [1.29, 1.82) is 5.26 Å². The van der Waals surface area contributed by atoms with E-state index in [1.54, 1.807) is 0 Å². The van der Waals surface area contributed by atoms with Crippen LogP contribution in [0.4, 0.5) is 5.69 Å². The van der Waals surface area contributed by atoms with E-state index in [9.17, 15) is 5.11 Å². The van der Waals surface area contributed by atoms with Crippen LogP contribution in [0.5, 0.6) is 0 Å². The fourth-order valence-corrected chi connectivity index (χ4v) is 1.68.